The molecule has 0 unspecified atom stereocenters. The van der Waals surface area contributed by atoms with Crippen LogP contribution in [0.2, 0.25) is 0 Å². The first-order valence-electron chi connectivity index (χ1n) is 6.79. The minimum absolute atomic E-state index is 0.552. The molecule has 0 fully saturated rings. The van der Waals surface area contributed by atoms with E-state index in [0.717, 1.165) is 18.8 Å². The molecular weight excluding hydrogens is 226 g/mol. The molecule has 1 aromatic heterocycles. The van der Waals surface area contributed by atoms with E-state index in [9.17, 15) is 0 Å². The summed E-state index contributed by atoms with van der Waals surface area (Å²) in [4.78, 5) is 6.61. The Hall–Kier alpha value is -1.45. The highest BCUT2D eigenvalue weighted by Crippen LogP contribution is 2.22. The fourth-order valence-electron chi connectivity index (χ4n) is 1.68. The Morgan fingerprint density at radius 1 is 1.22 bits per heavy atom. The van der Waals surface area contributed by atoms with Crippen LogP contribution in [0.3, 0.4) is 0 Å². The monoisotopic (exact) mass is 251 g/mol. The van der Waals surface area contributed by atoms with Crippen molar-refractivity contribution in [2.45, 2.75) is 39.5 Å². The fourth-order valence-corrected chi connectivity index (χ4v) is 1.68. The molecule has 0 amide bonds. The van der Waals surface area contributed by atoms with Crippen molar-refractivity contribution in [1.82, 2.24) is 4.98 Å². The molecule has 0 aromatic carbocycles. The van der Waals surface area contributed by atoms with E-state index in [1.165, 1.54) is 19.3 Å². The number of pyridine rings is 1. The van der Waals surface area contributed by atoms with E-state index in [4.69, 9.17) is 10.5 Å². The molecule has 1 rings (SSSR count). The van der Waals surface area contributed by atoms with Crippen molar-refractivity contribution in [3.63, 3.8) is 0 Å². The van der Waals surface area contributed by atoms with E-state index in [1.807, 2.05) is 12.1 Å². The molecule has 1 aromatic rings. The van der Waals surface area contributed by atoms with E-state index in [-0.39, 0.29) is 0 Å². The minimum atomic E-state index is 0.552. The summed E-state index contributed by atoms with van der Waals surface area (Å²) in [5.74, 6) is 1.48. The smallest absolute Gasteiger partial charge is 0.239 e. The standard InChI is InChI=1S/C14H25N3O/c1-4-6-7-10-17(3)13-9-8-12(15)14(16-13)18-11-5-2/h8-9H,4-7,10-11,15H2,1-3H3. The number of hydrogen-bond donors (Lipinski definition) is 1. The van der Waals surface area contributed by atoms with Gasteiger partial charge in [0.1, 0.15) is 5.82 Å². The van der Waals surface area contributed by atoms with Gasteiger partial charge in [-0.3, -0.25) is 0 Å². The number of unbranched alkanes of at least 4 members (excludes halogenated alkanes) is 2. The molecule has 4 nitrogen and oxygen atoms in total. The molecule has 4 heteroatoms. The topological polar surface area (TPSA) is 51.4 Å². The number of nitrogens with two attached hydrogens (primary N) is 1. The lowest BCUT2D eigenvalue weighted by Gasteiger charge is -2.19. The summed E-state index contributed by atoms with van der Waals surface area (Å²) in [5.41, 5.74) is 6.45. The van der Waals surface area contributed by atoms with Gasteiger partial charge < -0.3 is 15.4 Å². The first kappa shape index (κ1) is 14.6. The van der Waals surface area contributed by atoms with Gasteiger partial charge in [0.25, 0.3) is 0 Å². The van der Waals surface area contributed by atoms with Crippen LogP contribution in [-0.2, 0) is 0 Å². The zero-order chi connectivity index (χ0) is 13.4. The molecule has 0 radical (unpaired) electrons. The number of hydrogen-bond acceptors (Lipinski definition) is 4. The third-order valence-electron chi connectivity index (χ3n) is 2.81. The van der Waals surface area contributed by atoms with Crippen molar-refractivity contribution >= 4 is 11.5 Å². The highest BCUT2D eigenvalue weighted by atomic mass is 16.5. The highest BCUT2D eigenvalue weighted by Gasteiger charge is 2.07. The lowest BCUT2D eigenvalue weighted by Crippen LogP contribution is -2.20. The maximum Gasteiger partial charge on any atom is 0.239 e. The van der Waals surface area contributed by atoms with Crippen molar-refractivity contribution in [1.29, 1.82) is 0 Å². The fraction of sp³-hybridized carbons (Fsp3) is 0.643. The van der Waals surface area contributed by atoms with Crippen molar-refractivity contribution in [3.05, 3.63) is 12.1 Å². The second-order valence-electron chi connectivity index (χ2n) is 4.54. The van der Waals surface area contributed by atoms with Crippen LogP contribution in [0.25, 0.3) is 0 Å². The third-order valence-corrected chi connectivity index (χ3v) is 2.81. The summed E-state index contributed by atoms with van der Waals surface area (Å²) in [6, 6.07) is 3.81. The van der Waals surface area contributed by atoms with Crippen LogP contribution >= 0.6 is 0 Å². The molecular formula is C14H25N3O. The number of nitrogen functional groups attached to an aromatic ring is 1. The lowest BCUT2D eigenvalue weighted by atomic mass is 10.2. The zero-order valence-electron chi connectivity index (χ0n) is 11.8. The molecule has 0 saturated heterocycles. The predicted octanol–water partition coefficient (Wildman–Crippen LogP) is 3.08. The molecule has 2 N–H and O–H groups in total. The molecule has 0 spiro atoms. The van der Waals surface area contributed by atoms with Crippen LogP contribution in [0.1, 0.15) is 39.5 Å². The summed E-state index contributed by atoms with van der Waals surface area (Å²) in [6.45, 7) is 5.94. The predicted molar refractivity (Wildman–Crippen MR) is 77.2 cm³/mol. The molecule has 1 heterocycles. The van der Waals surface area contributed by atoms with E-state index >= 15 is 0 Å². The van der Waals surface area contributed by atoms with Crippen LogP contribution in [-0.4, -0.2) is 25.2 Å². The molecule has 102 valence electrons. The molecule has 0 saturated carbocycles. The van der Waals surface area contributed by atoms with E-state index < -0.39 is 0 Å². The summed E-state index contributed by atoms with van der Waals surface area (Å²) in [7, 11) is 2.05. The average molecular weight is 251 g/mol. The minimum Gasteiger partial charge on any atom is -0.476 e. The number of nitrogens with zero attached hydrogens (tertiary/aromatic N) is 2. The number of rotatable bonds is 8. The van der Waals surface area contributed by atoms with Gasteiger partial charge in [-0.25, -0.2) is 0 Å². The quantitative estimate of drug-likeness (QED) is 0.721. The molecule has 0 bridgehead atoms. The van der Waals surface area contributed by atoms with Crippen LogP contribution in [0.4, 0.5) is 11.5 Å². The summed E-state index contributed by atoms with van der Waals surface area (Å²) >= 11 is 0. The largest absolute Gasteiger partial charge is 0.476 e. The summed E-state index contributed by atoms with van der Waals surface area (Å²) in [6.07, 6.45) is 4.62. The Morgan fingerprint density at radius 3 is 2.67 bits per heavy atom. The second-order valence-corrected chi connectivity index (χ2v) is 4.54. The Bertz CT molecular complexity index is 355. The Labute approximate surface area is 110 Å². The Morgan fingerprint density at radius 2 is 2.00 bits per heavy atom. The second kappa shape index (κ2) is 7.80. The van der Waals surface area contributed by atoms with Gasteiger partial charge in [0, 0.05) is 13.6 Å². The Balaban J connectivity index is 2.64. The molecule has 18 heavy (non-hydrogen) atoms. The Kier molecular flexibility index (Phi) is 6.33. The lowest BCUT2D eigenvalue weighted by molar-refractivity contribution is 0.307. The maximum atomic E-state index is 5.85. The van der Waals surface area contributed by atoms with Gasteiger partial charge in [-0.1, -0.05) is 26.7 Å². The molecule has 0 aliphatic rings. The average Bonchev–Trinajstić information content (AvgIpc) is 2.38. The van der Waals surface area contributed by atoms with Gasteiger partial charge in [-0.05, 0) is 25.0 Å². The number of anilines is 2. The molecule has 0 aliphatic carbocycles. The van der Waals surface area contributed by atoms with Gasteiger partial charge >= 0.3 is 0 Å². The van der Waals surface area contributed by atoms with Crippen LogP contribution in [0.15, 0.2) is 12.1 Å². The number of aromatic nitrogens is 1. The van der Waals surface area contributed by atoms with Gasteiger partial charge in [0.15, 0.2) is 0 Å². The summed E-state index contributed by atoms with van der Waals surface area (Å²) < 4.78 is 5.54. The van der Waals surface area contributed by atoms with Crippen molar-refractivity contribution in [2.24, 2.45) is 0 Å². The van der Waals surface area contributed by atoms with Crippen LogP contribution in [0, 0.1) is 0 Å². The molecule has 0 aliphatic heterocycles. The van der Waals surface area contributed by atoms with Crippen LogP contribution < -0.4 is 15.4 Å². The van der Waals surface area contributed by atoms with Crippen molar-refractivity contribution < 1.29 is 4.74 Å². The SMILES string of the molecule is CCCCCN(C)c1ccc(N)c(OCCC)n1. The van der Waals surface area contributed by atoms with Gasteiger partial charge in [-0.2, -0.15) is 4.98 Å². The maximum absolute atomic E-state index is 5.85. The normalized spacial score (nSPS) is 10.4. The zero-order valence-corrected chi connectivity index (χ0v) is 11.8. The summed E-state index contributed by atoms with van der Waals surface area (Å²) in [5, 5.41) is 0. The number of ether oxygens (including phenoxy) is 1. The van der Waals surface area contributed by atoms with E-state index in [1.54, 1.807) is 0 Å². The first-order valence-corrected chi connectivity index (χ1v) is 6.79. The van der Waals surface area contributed by atoms with Crippen LogP contribution in [0.5, 0.6) is 5.88 Å². The first-order chi connectivity index (χ1) is 8.69. The van der Waals surface area contributed by atoms with Gasteiger partial charge in [0.05, 0.1) is 12.3 Å². The van der Waals surface area contributed by atoms with E-state index in [2.05, 4.69) is 30.8 Å². The van der Waals surface area contributed by atoms with Gasteiger partial charge in [0.2, 0.25) is 5.88 Å². The highest BCUT2D eigenvalue weighted by molar-refractivity contribution is 5.54. The van der Waals surface area contributed by atoms with Crippen molar-refractivity contribution in [2.75, 3.05) is 30.8 Å². The van der Waals surface area contributed by atoms with Gasteiger partial charge in [-0.15, -0.1) is 0 Å². The third kappa shape index (κ3) is 4.43. The van der Waals surface area contributed by atoms with Crippen molar-refractivity contribution in [3.8, 4) is 5.88 Å². The molecule has 0 atom stereocenters. The van der Waals surface area contributed by atoms with E-state index in [0.29, 0.717) is 18.2 Å².